The van der Waals surface area contributed by atoms with E-state index in [0.29, 0.717) is 18.7 Å². The molecule has 0 radical (unpaired) electrons. The summed E-state index contributed by atoms with van der Waals surface area (Å²) in [7, 11) is 0. The van der Waals surface area contributed by atoms with Gasteiger partial charge in [0.25, 0.3) is 0 Å². The van der Waals surface area contributed by atoms with E-state index in [1.54, 1.807) is 23.2 Å². The number of amides is 1. The molecule has 0 N–H and O–H groups in total. The van der Waals surface area contributed by atoms with Crippen LogP contribution in [0.4, 0.5) is 5.82 Å². The van der Waals surface area contributed by atoms with E-state index >= 15 is 0 Å². The van der Waals surface area contributed by atoms with Gasteiger partial charge in [-0.2, -0.15) is 5.26 Å². The lowest BCUT2D eigenvalue weighted by Gasteiger charge is -2.33. The van der Waals surface area contributed by atoms with Crippen LogP contribution in [-0.4, -0.2) is 42.5 Å². The topological polar surface area (TPSA) is 60.2 Å². The molecule has 1 fully saturated rings. The standard InChI is InChI=1S/C11H12N4O/c12-8-10-2-1-3-13-11(10)15-6-4-14(9-16)5-7-15/h1-3,9H,4-7H2. The summed E-state index contributed by atoms with van der Waals surface area (Å²) in [4.78, 5) is 18.6. The van der Waals surface area contributed by atoms with Crippen molar-refractivity contribution in [3.63, 3.8) is 0 Å². The molecule has 1 aromatic heterocycles. The Morgan fingerprint density at radius 3 is 2.75 bits per heavy atom. The van der Waals surface area contributed by atoms with Crippen molar-refractivity contribution in [1.82, 2.24) is 9.88 Å². The largest absolute Gasteiger partial charge is 0.352 e. The van der Waals surface area contributed by atoms with Crippen LogP contribution in [0.1, 0.15) is 5.56 Å². The van der Waals surface area contributed by atoms with E-state index in [1.165, 1.54) is 0 Å². The van der Waals surface area contributed by atoms with Gasteiger partial charge in [-0.3, -0.25) is 4.79 Å². The molecule has 0 spiro atoms. The van der Waals surface area contributed by atoms with Gasteiger partial charge in [-0.15, -0.1) is 0 Å². The number of hydrogen-bond donors (Lipinski definition) is 0. The minimum absolute atomic E-state index is 0.585. The van der Waals surface area contributed by atoms with Crippen molar-refractivity contribution in [3.05, 3.63) is 23.9 Å². The summed E-state index contributed by atoms with van der Waals surface area (Å²) < 4.78 is 0. The maximum absolute atomic E-state index is 10.6. The predicted octanol–water partition coefficient (Wildman–Crippen LogP) is 0.232. The zero-order chi connectivity index (χ0) is 11.4. The van der Waals surface area contributed by atoms with Gasteiger partial charge in [-0.1, -0.05) is 0 Å². The zero-order valence-electron chi connectivity index (χ0n) is 8.83. The van der Waals surface area contributed by atoms with Gasteiger partial charge < -0.3 is 9.80 Å². The Bertz CT molecular complexity index is 418. The van der Waals surface area contributed by atoms with E-state index in [0.717, 1.165) is 25.3 Å². The van der Waals surface area contributed by atoms with Gasteiger partial charge in [0.05, 0.1) is 5.56 Å². The number of carbonyl (C=O) groups is 1. The fourth-order valence-corrected chi connectivity index (χ4v) is 1.78. The SMILES string of the molecule is N#Cc1cccnc1N1CCN(C=O)CC1. The van der Waals surface area contributed by atoms with E-state index in [9.17, 15) is 4.79 Å². The first kappa shape index (κ1) is 10.4. The molecule has 1 amide bonds. The highest BCUT2D eigenvalue weighted by Gasteiger charge is 2.18. The average molecular weight is 216 g/mol. The summed E-state index contributed by atoms with van der Waals surface area (Å²) in [6.45, 7) is 2.82. The highest BCUT2D eigenvalue weighted by atomic mass is 16.1. The van der Waals surface area contributed by atoms with E-state index in [2.05, 4.69) is 11.1 Å². The van der Waals surface area contributed by atoms with Crippen molar-refractivity contribution in [2.75, 3.05) is 31.1 Å². The van der Waals surface area contributed by atoms with Gasteiger partial charge in [0.2, 0.25) is 6.41 Å². The smallest absolute Gasteiger partial charge is 0.209 e. The molecule has 0 aliphatic carbocycles. The molecule has 1 aliphatic rings. The summed E-state index contributed by atoms with van der Waals surface area (Å²) >= 11 is 0. The maximum atomic E-state index is 10.6. The molecule has 1 aromatic rings. The fourth-order valence-electron chi connectivity index (χ4n) is 1.78. The van der Waals surface area contributed by atoms with Crippen molar-refractivity contribution < 1.29 is 4.79 Å². The molecular formula is C11H12N4O. The molecule has 0 atom stereocenters. The third-order valence-corrected chi connectivity index (χ3v) is 2.67. The van der Waals surface area contributed by atoms with Crippen LogP contribution < -0.4 is 4.90 Å². The molecule has 1 aliphatic heterocycles. The first-order valence-corrected chi connectivity index (χ1v) is 5.14. The highest BCUT2D eigenvalue weighted by Crippen LogP contribution is 2.17. The Labute approximate surface area is 93.9 Å². The van der Waals surface area contributed by atoms with Crippen LogP contribution in [-0.2, 0) is 4.79 Å². The van der Waals surface area contributed by atoms with Crippen LogP contribution in [0.25, 0.3) is 0 Å². The minimum Gasteiger partial charge on any atom is -0.352 e. The third-order valence-electron chi connectivity index (χ3n) is 2.67. The highest BCUT2D eigenvalue weighted by molar-refractivity contribution is 5.55. The predicted molar refractivity (Wildman–Crippen MR) is 58.8 cm³/mol. The third kappa shape index (κ3) is 1.96. The number of pyridine rings is 1. The molecule has 82 valence electrons. The molecule has 2 heterocycles. The van der Waals surface area contributed by atoms with E-state index in [-0.39, 0.29) is 0 Å². The molecule has 2 rings (SSSR count). The zero-order valence-corrected chi connectivity index (χ0v) is 8.83. The monoisotopic (exact) mass is 216 g/mol. The first-order chi connectivity index (χ1) is 7.85. The number of anilines is 1. The lowest BCUT2D eigenvalue weighted by Crippen LogP contribution is -2.46. The minimum atomic E-state index is 0.585. The summed E-state index contributed by atoms with van der Waals surface area (Å²) in [5, 5.41) is 8.96. The van der Waals surface area contributed by atoms with E-state index in [1.807, 2.05) is 4.90 Å². The maximum Gasteiger partial charge on any atom is 0.209 e. The molecule has 0 aromatic carbocycles. The van der Waals surface area contributed by atoms with Crippen LogP contribution in [0.15, 0.2) is 18.3 Å². The van der Waals surface area contributed by atoms with Crippen molar-refractivity contribution in [3.8, 4) is 6.07 Å². The second-order valence-electron chi connectivity index (χ2n) is 3.61. The molecule has 0 unspecified atom stereocenters. The molecule has 0 saturated carbocycles. The average Bonchev–Trinajstić information content (AvgIpc) is 2.39. The summed E-state index contributed by atoms with van der Waals surface area (Å²) in [6, 6.07) is 5.64. The normalized spacial score (nSPS) is 15.7. The molecule has 1 saturated heterocycles. The van der Waals surface area contributed by atoms with Gasteiger partial charge in [-0.25, -0.2) is 4.98 Å². The number of rotatable bonds is 2. The van der Waals surface area contributed by atoms with Gasteiger partial charge in [0, 0.05) is 32.4 Å². The Kier molecular flexibility index (Phi) is 3.01. The summed E-state index contributed by atoms with van der Waals surface area (Å²) in [5.74, 6) is 0.718. The number of nitrogens with zero attached hydrogens (tertiary/aromatic N) is 4. The number of aromatic nitrogens is 1. The second kappa shape index (κ2) is 4.62. The van der Waals surface area contributed by atoms with Crippen LogP contribution in [0.2, 0.25) is 0 Å². The van der Waals surface area contributed by atoms with Gasteiger partial charge in [0.1, 0.15) is 11.9 Å². The Hall–Kier alpha value is -2.09. The quantitative estimate of drug-likeness (QED) is 0.664. The molecule has 0 bridgehead atoms. The second-order valence-corrected chi connectivity index (χ2v) is 3.61. The van der Waals surface area contributed by atoms with Crippen molar-refractivity contribution >= 4 is 12.2 Å². The van der Waals surface area contributed by atoms with Crippen LogP contribution in [0.5, 0.6) is 0 Å². The van der Waals surface area contributed by atoms with Gasteiger partial charge >= 0.3 is 0 Å². The summed E-state index contributed by atoms with van der Waals surface area (Å²) in [6.07, 6.45) is 2.54. The Morgan fingerprint density at radius 2 is 2.12 bits per heavy atom. The van der Waals surface area contributed by atoms with E-state index in [4.69, 9.17) is 5.26 Å². The number of piperazine rings is 1. The number of hydrogen-bond acceptors (Lipinski definition) is 4. The van der Waals surface area contributed by atoms with Crippen LogP contribution in [0.3, 0.4) is 0 Å². The lowest BCUT2D eigenvalue weighted by atomic mass is 10.2. The fraction of sp³-hybridized carbons (Fsp3) is 0.364. The van der Waals surface area contributed by atoms with Crippen LogP contribution in [0, 0.1) is 11.3 Å². The van der Waals surface area contributed by atoms with Gasteiger partial charge in [-0.05, 0) is 12.1 Å². The van der Waals surface area contributed by atoms with E-state index < -0.39 is 0 Å². The molecule has 5 heteroatoms. The van der Waals surface area contributed by atoms with Crippen molar-refractivity contribution in [1.29, 1.82) is 5.26 Å². The van der Waals surface area contributed by atoms with Crippen molar-refractivity contribution in [2.24, 2.45) is 0 Å². The lowest BCUT2D eigenvalue weighted by molar-refractivity contribution is -0.118. The van der Waals surface area contributed by atoms with Crippen molar-refractivity contribution in [2.45, 2.75) is 0 Å². The summed E-state index contributed by atoms with van der Waals surface area (Å²) in [5.41, 5.74) is 0.585. The Balaban J connectivity index is 2.14. The van der Waals surface area contributed by atoms with Crippen LogP contribution >= 0.6 is 0 Å². The molecule has 16 heavy (non-hydrogen) atoms. The molecule has 5 nitrogen and oxygen atoms in total. The first-order valence-electron chi connectivity index (χ1n) is 5.14. The number of carbonyl (C=O) groups excluding carboxylic acids is 1. The van der Waals surface area contributed by atoms with Gasteiger partial charge in [0.15, 0.2) is 0 Å². The molecular weight excluding hydrogens is 204 g/mol. The Morgan fingerprint density at radius 1 is 1.38 bits per heavy atom. The number of nitriles is 1.